The van der Waals surface area contributed by atoms with Gasteiger partial charge in [-0.1, -0.05) is 18.2 Å². The molecule has 0 unspecified atom stereocenters. The first-order chi connectivity index (χ1) is 15.7. The molecule has 0 radical (unpaired) electrons. The van der Waals surface area contributed by atoms with Crippen LogP contribution >= 0.6 is 0 Å². The minimum atomic E-state index is -3.99. The molecule has 0 aromatic heterocycles. The van der Waals surface area contributed by atoms with E-state index in [1.807, 2.05) is 29.2 Å². The lowest BCUT2D eigenvalue weighted by Gasteiger charge is -2.30. The monoisotopic (exact) mass is 473 g/mol. The molecule has 0 aliphatic carbocycles. The average molecular weight is 474 g/mol. The van der Waals surface area contributed by atoms with Crippen LogP contribution in [0.5, 0.6) is 0 Å². The molecule has 10 nitrogen and oxygen atoms in total. The summed E-state index contributed by atoms with van der Waals surface area (Å²) in [6, 6.07) is 12.2. The minimum Gasteiger partial charge on any atom is -0.362 e. The largest absolute Gasteiger partial charge is 0.362 e. The third-order valence-corrected chi connectivity index (χ3v) is 6.63. The highest BCUT2D eigenvalue weighted by Crippen LogP contribution is 2.26. The first-order valence-electron chi connectivity index (χ1n) is 10.5. The van der Waals surface area contributed by atoms with Gasteiger partial charge in [0.1, 0.15) is 0 Å². The van der Waals surface area contributed by atoms with Crippen molar-refractivity contribution in [3.05, 3.63) is 54.1 Å². The van der Waals surface area contributed by atoms with Crippen LogP contribution in [0.3, 0.4) is 0 Å². The molecule has 1 aliphatic rings. The van der Waals surface area contributed by atoms with Gasteiger partial charge in [0, 0.05) is 24.8 Å². The summed E-state index contributed by atoms with van der Waals surface area (Å²) in [7, 11) is -3.99. The molecule has 1 aliphatic heterocycles. The molecular formula is C22H27N5O5S. The number of fused-ring (bicyclic) bond motifs is 1. The Hall–Kier alpha value is -3.44. The Morgan fingerprint density at radius 2 is 1.73 bits per heavy atom. The molecule has 4 N–H and O–H groups in total. The van der Waals surface area contributed by atoms with Crippen LogP contribution in [0.15, 0.2) is 53.4 Å². The van der Waals surface area contributed by atoms with Gasteiger partial charge in [0.25, 0.3) is 11.8 Å². The Bertz CT molecular complexity index is 1130. The number of carbonyl (C=O) groups is 3. The van der Waals surface area contributed by atoms with E-state index < -0.39 is 27.9 Å². The van der Waals surface area contributed by atoms with Gasteiger partial charge >= 0.3 is 0 Å². The van der Waals surface area contributed by atoms with Gasteiger partial charge in [-0.25, -0.2) is 8.42 Å². The van der Waals surface area contributed by atoms with Crippen molar-refractivity contribution in [2.24, 2.45) is 0 Å². The number of nitrogens with one attached hydrogen (secondary N) is 4. The van der Waals surface area contributed by atoms with Crippen LogP contribution in [0.25, 0.3) is 0 Å². The van der Waals surface area contributed by atoms with Gasteiger partial charge in [-0.2, -0.15) is 4.72 Å². The highest BCUT2D eigenvalue weighted by atomic mass is 32.2. The summed E-state index contributed by atoms with van der Waals surface area (Å²) in [6.45, 7) is 3.51. The number of rotatable bonds is 7. The lowest BCUT2D eigenvalue weighted by molar-refractivity contribution is -0.128. The normalized spacial score (nSPS) is 14.1. The molecule has 2 aromatic rings. The third kappa shape index (κ3) is 6.53. The summed E-state index contributed by atoms with van der Waals surface area (Å²) in [4.78, 5) is 37.6. The Labute approximate surface area is 192 Å². The zero-order valence-corrected chi connectivity index (χ0v) is 19.2. The fraction of sp³-hybridized carbons (Fsp3) is 0.318. The summed E-state index contributed by atoms with van der Waals surface area (Å²) in [5.41, 5.74) is 7.22. The lowest BCUT2D eigenvalue weighted by Crippen LogP contribution is -2.53. The molecule has 2 aromatic carbocycles. The number of para-hydroxylation sites is 1. The van der Waals surface area contributed by atoms with E-state index in [-0.39, 0.29) is 17.3 Å². The highest BCUT2D eigenvalue weighted by Gasteiger charge is 2.23. The van der Waals surface area contributed by atoms with Crippen molar-refractivity contribution in [1.82, 2.24) is 15.6 Å². The van der Waals surface area contributed by atoms with E-state index in [1.165, 1.54) is 43.7 Å². The van der Waals surface area contributed by atoms with E-state index >= 15 is 0 Å². The van der Waals surface area contributed by atoms with Crippen LogP contribution < -0.4 is 25.8 Å². The molecule has 0 saturated heterocycles. The van der Waals surface area contributed by atoms with Gasteiger partial charge in [-0.3, -0.25) is 25.2 Å². The summed E-state index contributed by atoms with van der Waals surface area (Å²) in [5.74, 6) is -1.40. The van der Waals surface area contributed by atoms with Crippen LogP contribution in [0.4, 0.5) is 11.4 Å². The minimum absolute atomic E-state index is 0.0657. The molecule has 33 heavy (non-hydrogen) atoms. The summed E-state index contributed by atoms with van der Waals surface area (Å²) < 4.78 is 27.3. The maximum atomic E-state index is 12.5. The van der Waals surface area contributed by atoms with Gasteiger partial charge in [0.05, 0.1) is 17.5 Å². The Kier molecular flexibility index (Phi) is 7.67. The smallest absolute Gasteiger partial charge is 0.257 e. The molecule has 0 bridgehead atoms. The number of hydrazine groups is 1. The van der Waals surface area contributed by atoms with E-state index in [9.17, 15) is 22.8 Å². The van der Waals surface area contributed by atoms with Crippen molar-refractivity contribution in [2.75, 3.05) is 23.3 Å². The van der Waals surface area contributed by atoms with E-state index in [0.29, 0.717) is 5.69 Å². The molecule has 0 saturated carbocycles. The van der Waals surface area contributed by atoms with Crippen LogP contribution in [-0.2, 0) is 30.8 Å². The first kappa shape index (κ1) is 24.2. The van der Waals surface area contributed by atoms with Gasteiger partial charge in [-0.15, -0.1) is 0 Å². The first-order valence-corrected chi connectivity index (χ1v) is 12.0. The van der Waals surface area contributed by atoms with Crippen molar-refractivity contribution < 1.29 is 22.8 Å². The zero-order valence-electron chi connectivity index (χ0n) is 18.4. The number of benzene rings is 2. The van der Waals surface area contributed by atoms with Gasteiger partial charge in [0.2, 0.25) is 15.9 Å². The molecule has 0 spiro atoms. The number of sulfonamides is 1. The lowest BCUT2D eigenvalue weighted by atomic mass is 10.0. The van der Waals surface area contributed by atoms with E-state index in [4.69, 9.17) is 0 Å². The standard InChI is InChI=1S/C22H27N5O5S/c1-15(26-33(31,32)19-11-9-18(10-12-19)23-16(2)28)22(30)25-24-21(29)14-27-13-5-7-17-6-3-4-8-20(17)27/h3-4,6,8-12,15,26H,5,7,13-14H2,1-2H3,(H,23,28)(H,24,29)(H,25,30)/t15-/m0/s1. The predicted molar refractivity (Wildman–Crippen MR) is 124 cm³/mol. The molecule has 1 atom stereocenters. The van der Waals surface area contributed by atoms with Crippen LogP contribution in [0.2, 0.25) is 0 Å². The maximum Gasteiger partial charge on any atom is 0.257 e. The Balaban J connectivity index is 1.51. The molecule has 3 rings (SSSR count). The highest BCUT2D eigenvalue weighted by molar-refractivity contribution is 7.89. The molecule has 176 valence electrons. The van der Waals surface area contributed by atoms with Gasteiger partial charge in [-0.05, 0) is 55.7 Å². The summed E-state index contributed by atoms with van der Waals surface area (Å²) in [6.07, 6.45) is 1.89. The van der Waals surface area contributed by atoms with Crippen LogP contribution in [0, 0.1) is 0 Å². The second kappa shape index (κ2) is 10.5. The number of hydrogen-bond acceptors (Lipinski definition) is 6. The average Bonchev–Trinajstić information content (AvgIpc) is 2.77. The SMILES string of the molecule is CC(=O)Nc1ccc(S(=O)(=O)N[C@@H](C)C(=O)NNC(=O)CN2CCCc3ccccc32)cc1. The van der Waals surface area contributed by atoms with Gasteiger partial charge < -0.3 is 10.2 Å². The van der Waals surface area contributed by atoms with Crippen molar-refractivity contribution in [3.63, 3.8) is 0 Å². The zero-order chi connectivity index (χ0) is 24.0. The number of carbonyl (C=O) groups excluding carboxylic acids is 3. The van der Waals surface area contributed by atoms with Crippen LogP contribution in [-0.4, -0.2) is 45.3 Å². The fourth-order valence-electron chi connectivity index (χ4n) is 3.50. The van der Waals surface area contributed by atoms with E-state index in [2.05, 4.69) is 20.9 Å². The third-order valence-electron chi connectivity index (χ3n) is 5.08. The molecule has 11 heteroatoms. The molecular weight excluding hydrogens is 446 g/mol. The van der Waals surface area contributed by atoms with Gasteiger partial charge in [0.15, 0.2) is 0 Å². The quantitative estimate of drug-likeness (QED) is 0.441. The molecule has 3 amide bonds. The van der Waals surface area contributed by atoms with Crippen molar-refractivity contribution in [1.29, 1.82) is 0 Å². The van der Waals surface area contributed by atoms with Crippen molar-refractivity contribution in [3.8, 4) is 0 Å². The van der Waals surface area contributed by atoms with Crippen molar-refractivity contribution in [2.45, 2.75) is 37.6 Å². The van der Waals surface area contributed by atoms with Crippen LogP contribution in [0.1, 0.15) is 25.8 Å². The van der Waals surface area contributed by atoms with E-state index in [1.54, 1.807) is 0 Å². The Morgan fingerprint density at radius 1 is 1.03 bits per heavy atom. The number of hydrogen-bond donors (Lipinski definition) is 4. The predicted octanol–water partition coefficient (Wildman–Crippen LogP) is 0.912. The topological polar surface area (TPSA) is 137 Å². The Morgan fingerprint density at radius 3 is 2.42 bits per heavy atom. The maximum absolute atomic E-state index is 12.5. The van der Waals surface area contributed by atoms with Crippen molar-refractivity contribution >= 4 is 39.1 Å². The number of nitrogens with zero attached hydrogens (tertiary/aromatic N) is 1. The number of aryl methyl sites for hydroxylation is 1. The summed E-state index contributed by atoms with van der Waals surface area (Å²) in [5, 5.41) is 2.54. The number of amides is 3. The molecule has 0 fully saturated rings. The second-order valence-corrected chi connectivity index (χ2v) is 9.45. The molecule has 1 heterocycles. The fourth-order valence-corrected chi connectivity index (χ4v) is 4.71. The second-order valence-electron chi connectivity index (χ2n) is 7.74. The number of anilines is 2. The van der Waals surface area contributed by atoms with E-state index in [0.717, 1.165) is 25.1 Å². The summed E-state index contributed by atoms with van der Waals surface area (Å²) >= 11 is 0.